The molecule has 0 bridgehead atoms. The number of aliphatic hydroxyl groups is 1. The molecule has 2 aliphatic heterocycles. The van der Waals surface area contributed by atoms with Crippen LogP contribution in [0.2, 0.25) is 0 Å². The van der Waals surface area contributed by atoms with Crippen molar-refractivity contribution >= 4 is 46.7 Å². The summed E-state index contributed by atoms with van der Waals surface area (Å²) in [6.07, 6.45) is 9.38. The van der Waals surface area contributed by atoms with Gasteiger partial charge in [0.05, 0.1) is 35.0 Å². The number of hydrogen-bond donors (Lipinski definition) is 5. The highest BCUT2D eigenvalue weighted by Gasteiger charge is 2.45. The summed E-state index contributed by atoms with van der Waals surface area (Å²) in [5.74, 6) is -1.73. The number of aliphatic hydroxyl groups excluding tert-OH is 1. The van der Waals surface area contributed by atoms with Crippen LogP contribution in [0.25, 0.3) is 11.5 Å². The standard InChI is InChI=1S/C46H56F2N10O8/c1-56(20-6-22-65-21-5-18-49-32-9-4-7-30-39(32)46(64)58(45(30)63)35-15-16-38(60)54-43(35)62)24-27-11-13-29(14-12-27)57-25-33(40(55-57)41(47)48)52-42(61)34-26-66-44(53-34)28-17-19-50-37(23-28)51-31-8-2-3-10-36(31)59/h4,7,9,17,19,23,25-27,29,31,35-36,41,49,59H,2-3,5-6,8,10-16,18,20-22,24H2,1H3,(H,50,51)(H,52,61)(H,54,60,62)/t27-,29-,31-,35?,36-/m0/s1. The highest BCUT2D eigenvalue weighted by Crippen LogP contribution is 2.36. The molecule has 18 nitrogen and oxygen atoms in total. The molecule has 1 unspecified atom stereocenters. The van der Waals surface area contributed by atoms with Gasteiger partial charge in [-0.2, -0.15) is 5.10 Å². The third kappa shape index (κ3) is 10.8. The summed E-state index contributed by atoms with van der Waals surface area (Å²) in [4.78, 5) is 75.5. The van der Waals surface area contributed by atoms with E-state index in [1.165, 1.54) is 12.5 Å². The first-order valence-corrected chi connectivity index (χ1v) is 22.8. The topological polar surface area (TPSA) is 226 Å². The van der Waals surface area contributed by atoms with Gasteiger partial charge in [-0.25, -0.2) is 18.7 Å². The van der Waals surface area contributed by atoms with Crippen molar-refractivity contribution in [1.29, 1.82) is 0 Å². The van der Waals surface area contributed by atoms with E-state index in [0.29, 0.717) is 49.2 Å². The van der Waals surface area contributed by atoms with Crippen LogP contribution in [0.3, 0.4) is 0 Å². The number of hydrogen-bond acceptors (Lipinski definition) is 14. The number of carbonyl (C=O) groups is 5. The van der Waals surface area contributed by atoms with E-state index < -0.39 is 53.8 Å². The third-order valence-corrected chi connectivity index (χ3v) is 12.9. The van der Waals surface area contributed by atoms with Crippen molar-refractivity contribution in [3.05, 3.63) is 71.5 Å². The number of halogens is 2. The fraction of sp³-hybridized carbons (Fsp3) is 0.522. The Labute approximate surface area is 380 Å². The van der Waals surface area contributed by atoms with E-state index in [1.807, 2.05) is 0 Å². The molecule has 2 saturated carbocycles. The number of nitrogens with zero attached hydrogens (tertiary/aromatic N) is 6. The molecule has 5 heterocycles. The van der Waals surface area contributed by atoms with E-state index in [2.05, 4.69) is 48.3 Å². The maximum Gasteiger partial charge on any atom is 0.284 e. The molecule has 3 atom stereocenters. The monoisotopic (exact) mass is 914 g/mol. The Hall–Kier alpha value is -6.12. The largest absolute Gasteiger partial charge is 0.444 e. The molecule has 8 rings (SSSR count). The molecule has 3 fully saturated rings. The summed E-state index contributed by atoms with van der Waals surface area (Å²) < 4.78 is 41.4. The van der Waals surface area contributed by atoms with Crippen molar-refractivity contribution in [2.24, 2.45) is 5.92 Å². The summed E-state index contributed by atoms with van der Waals surface area (Å²) in [6.45, 7) is 3.31. The summed E-state index contributed by atoms with van der Waals surface area (Å²) >= 11 is 0. The lowest BCUT2D eigenvalue weighted by atomic mass is 9.86. The van der Waals surface area contributed by atoms with E-state index in [0.717, 1.165) is 75.8 Å². The van der Waals surface area contributed by atoms with Crippen LogP contribution in [0.15, 0.2) is 53.4 Å². The lowest BCUT2D eigenvalue weighted by Crippen LogP contribution is -2.54. The Kier molecular flexibility index (Phi) is 14.8. The van der Waals surface area contributed by atoms with Crippen LogP contribution >= 0.6 is 0 Å². The molecule has 4 aromatic rings. The number of oxazole rings is 1. The number of benzene rings is 1. The normalized spacial score (nSPS) is 22.2. The minimum Gasteiger partial charge on any atom is -0.444 e. The van der Waals surface area contributed by atoms with Crippen molar-refractivity contribution in [1.82, 2.24) is 34.9 Å². The molecule has 3 aromatic heterocycles. The highest BCUT2D eigenvalue weighted by molar-refractivity contribution is 6.25. The SMILES string of the molecule is CN(CCCOCCCNc1cccc2c1C(=O)N(C1CCC(=O)NC1=O)C2=O)C[C@H]1CC[C@H](n2cc(NC(=O)c3coc(-c4ccnc(N[C@H]5CCCC[C@@H]5O)c4)n3)c(C(F)F)n2)CC1. The lowest BCUT2D eigenvalue weighted by Gasteiger charge is -2.31. The number of alkyl halides is 2. The number of anilines is 3. The number of piperidine rings is 1. The van der Waals surface area contributed by atoms with Gasteiger partial charge in [0.25, 0.3) is 24.1 Å². The highest BCUT2D eigenvalue weighted by atomic mass is 19.3. The summed E-state index contributed by atoms with van der Waals surface area (Å²) in [6, 6.07) is 7.15. The van der Waals surface area contributed by atoms with Crippen LogP contribution in [0.1, 0.15) is 126 Å². The Morgan fingerprint density at radius 1 is 1.02 bits per heavy atom. The molecular formula is C46H56F2N10O8. The molecule has 4 aliphatic rings. The van der Waals surface area contributed by atoms with Crippen LogP contribution < -0.4 is 21.3 Å². The fourth-order valence-corrected chi connectivity index (χ4v) is 9.38. The summed E-state index contributed by atoms with van der Waals surface area (Å²) in [7, 11) is 2.08. The summed E-state index contributed by atoms with van der Waals surface area (Å²) in [5.41, 5.74) is 0.865. The van der Waals surface area contributed by atoms with E-state index in [-0.39, 0.29) is 53.3 Å². The number of rotatable bonds is 19. The fourth-order valence-electron chi connectivity index (χ4n) is 9.38. The van der Waals surface area contributed by atoms with Gasteiger partial charge in [-0.3, -0.25) is 38.9 Å². The van der Waals surface area contributed by atoms with Gasteiger partial charge in [0.1, 0.15) is 18.1 Å². The van der Waals surface area contributed by atoms with Crippen molar-refractivity contribution in [2.75, 3.05) is 55.8 Å². The quantitative estimate of drug-likeness (QED) is 0.0553. The number of pyridine rings is 1. The number of amides is 5. The predicted molar refractivity (Wildman–Crippen MR) is 237 cm³/mol. The Bertz CT molecular complexity index is 2400. The Morgan fingerprint density at radius 3 is 2.61 bits per heavy atom. The molecule has 0 spiro atoms. The summed E-state index contributed by atoms with van der Waals surface area (Å²) in [5, 5.41) is 25.8. The zero-order valence-corrected chi connectivity index (χ0v) is 36.8. The van der Waals surface area contributed by atoms with Crippen molar-refractivity contribution in [2.45, 2.75) is 108 Å². The van der Waals surface area contributed by atoms with Gasteiger partial charge in [-0.1, -0.05) is 18.9 Å². The number of carbonyl (C=O) groups excluding carboxylic acids is 5. The van der Waals surface area contributed by atoms with Gasteiger partial charge < -0.3 is 35.1 Å². The molecule has 2 aliphatic carbocycles. The van der Waals surface area contributed by atoms with Gasteiger partial charge >= 0.3 is 0 Å². The molecule has 352 valence electrons. The molecule has 0 radical (unpaired) electrons. The molecule has 5 amide bonds. The van der Waals surface area contributed by atoms with E-state index in [4.69, 9.17) is 9.15 Å². The second kappa shape index (κ2) is 21.0. The maximum absolute atomic E-state index is 14.2. The van der Waals surface area contributed by atoms with E-state index in [1.54, 1.807) is 41.2 Å². The van der Waals surface area contributed by atoms with Gasteiger partial charge in [-0.15, -0.1) is 0 Å². The first kappa shape index (κ1) is 46.4. The Balaban J connectivity index is 0.732. The lowest BCUT2D eigenvalue weighted by molar-refractivity contribution is -0.136. The van der Waals surface area contributed by atoms with Gasteiger partial charge in [0, 0.05) is 62.9 Å². The van der Waals surface area contributed by atoms with Crippen LogP contribution in [-0.2, 0) is 14.3 Å². The number of imide groups is 2. The predicted octanol–water partition coefficient (Wildman–Crippen LogP) is 5.81. The van der Waals surface area contributed by atoms with E-state index in [9.17, 15) is 37.9 Å². The van der Waals surface area contributed by atoms with Gasteiger partial charge in [-0.05, 0) is 95.0 Å². The number of nitrogens with one attached hydrogen (secondary N) is 4. The zero-order chi connectivity index (χ0) is 46.3. The minimum absolute atomic E-state index is 0.0568. The average molecular weight is 915 g/mol. The first-order valence-electron chi connectivity index (χ1n) is 22.8. The number of aromatic nitrogens is 4. The van der Waals surface area contributed by atoms with Gasteiger partial charge in [0.2, 0.25) is 17.7 Å². The van der Waals surface area contributed by atoms with E-state index >= 15 is 0 Å². The molecular weight excluding hydrogens is 859 g/mol. The maximum atomic E-state index is 14.2. The smallest absolute Gasteiger partial charge is 0.284 e. The van der Waals surface area contributed by atoms with Crippen molar-refractivity contribution < 1.29 is 47.0 Å². The van der Waals surface area contributed by atoms with Gasteiger partial charge in [0.15, 0.2) is 11.4 Å². The first-order chi connectivity index (χ1) is 31.9. The van der Waals surface area contributed by atoms with Crippen LogP contribution in [0, 0.1) is 5.92 Å². The number of ether oxygens (including phenoxy) is 1. The zero-order valence-electron chi connectivity index (χ0n) is 36.8. The minimum atomic E-state index is -2.90. The number of fused-ring (bicyclic) bond motifs is 1. The van der Waals surface area contributed by atoms with Crippen molar-refractivity contribution in [3.8, 4) is 11.5 Å². The van der Waals surface area contributed by atoms with Crippen LogP contribution in [-0.4, -0.2) is 122 Å². The Morgan fingerprint density at radius 2 is 1.82 bits per heavy atom. The average Bonchev–Trinajstić information content (AvgIpc) is 4.03. The molecule has 20 heteroatoms. The van der Waals surface area contributed by atoms with Crippen LogP contribution in [0.5, 0.6) is 0 Å². The molecule has 1 saturated heterocycles. The van der Waals surface area contributed by atoms with Crippen LogP contribution in [0.4, 0.5) is 26.0 Å². The molecule has 5 N–H and O–H groups in total. The van der Waals surface area contributed by atoms with Crippen molar-refractivity contribution in [3.63, 3.8) is 0 Å². The third-order valence-electron chi connectivity index (χ3n) is 12.9. The molecule has 66 heavy (non-hydrogen) atoms. The second-order valence-electron chi connectivity index (χ2n) is 17.6. The molecule has 1 aromatic carbocycles. The second-order valence-corrected chi connectivity index (χ2v) is 17.6.